The van der Waals surface area contributed by atoms with Crippen molar-refractivity contribution in [2.45, 2.75) is 51.0 Å². The van der Waals surface area contributed by atoms with Gasteiger partial charge in [-0.1, -0.05) is 30.9 Å². The fourth-order valence-electron chi connectivity index (χ4n) is 4.13. The Bertz CT molecular complexity index is 767. The van der Waals surface area contributed by atoms with E-state index in [1.807, 2.05) is 4.90 Å². The fraction of sp³-hybridized carbons (Fsp3) is 0.600. The van der Waals surface area contributed by atoms with E-state index in [9.17, 15) is 19.7 Å². The highest BCUT2D eigenvalue weighted by Gasteiger charge is 2.29. The minimum atomic E-state index is -0.575. The Morgan fingerprint density at radius 3 is 2.66 bits per heavy atom. The predicted octanol–water partition coefficient (Wildman–Crippen LogP) is 3.35. The summed E-state index contributed by atoms with van der Waals surface area (Å²) in [5.41, 5.74) is -0.123. The minimum absolute atomic E-state index is 0.0790. The van der Waals surface area contributed by atoms with Crippen molar-refractivity contribution in [1.82, 2.24) is 10.2 Å². The van der Waals surface area contributed by atoms with Gasteiger partial charge in [0, 0.05) is 23.7 Å². The molecule has 158 valence electrons. The minimum Gasteiger partial charge on any atom is -0.353 e. The van der Waals surface area contributed by atoms with E-state index in [2.05, 4.69) is 10.6 Å². The van der Waals surface area contributed by atoms with Crippen LogP contribution in [0.15, 0.2) is 18.2 Å². The second kappa shape index (κ2) is 10.0. The summed E-state index contributed by atoms with van der Waals surface area (Å²) in [6.45, 7) is 1.34. The van der Waals surface area contributed by atoms with Crippen molar-refractivity contribution in [3.8, 4) is 0 Å². The average molecular weight is 423 g/mol. The molecule has 0 radical (unpaired) electrons. The molecule has 29 heavy (non-hydrogen) atoms. The number of hydrogen-bond donors (Lipinski definition) is 2. The molecular weight excluding hydrogens is 396 g/mol. The van der Waals surface area contributed by atoms with Gasteiger partial charge in [0.25, 0.3) is 5.69 Å². The molecule has 3 rings (SSSR count). The molecule has 1 aromatic carbocycles. The lowest BCUT2D eigenvalue weighted by atomic mass is 9.93. The molecule has 1 unspecified atom stereocenters. The van der Waals surface area contributed by atoms with Crippen LogP contribution in [0.5, 0.6) is 0 Å². The Labute approximate surface area is 175 Å². The smallest absolute Gasteiger partial charge is 0.294 e. The van der Waals surface area contributed by atoms with Gasteiger partial charge in [-0.05, 0) is 44.4 Å². The van der Waals surface area contributed by atoms with Crippen LogP contribution in [-0.4, -0.2) is 47.3 Å². The molecule has 0 bridgehead atoms. The zero-order valence-corrected chi connectivity index (χ0v) is 17.1. The molecule has 0 aromatic heterocycles. The van der Waals surface area contributed by atoms with Crippen LogP contribution in [0.4, 0.5) is 11.4 Å². The number of nitro benzene ring substituents is 1. The second-order valence-corrected chi connectivity index (χ2v) is 8.32. The van der Waals surface area contributed by atoms with Crippen molar-refractivity contribution in [2.75, 3.05) is 25.0 Å². The largest absolute Gasteiger partial charge is 0.353 e. The molecular formula is C20H27ClN4O4. The first-order valence-electron chi connectivity index (χ1n) is 10.2. The van der Waals surface area contributed by atoms with E-state index in [-0.39, 0.29) is 46.7 Å². The van der Waals surface area contributed by atoms with E-state index >= 15 is 0 Å². The lowest BCUT2D eigenvalue weighted by molar-refractivity contribution is -0.383. The van der Waals surface area contributed by atoms with E-state index < -0.39 is 4.92 Å². The van der Waals surface area contributed by atoms with Crippen molar-refractivity contribution in [2.24, 2.45) is 5.92 Å². The van der Waals surface area contributed by atoms with Gasteiger partial charge in [-0.25, -0.2) is 0 Å². The number of benzene rings is 1. The number of carbonyl (C=O) groups excluding carboxylic acids is 2. The van der Waals surface area contributed by atoms with Gasteiger partial charge in [-0.3, -0.25) is 24.6 Å². The van der Waals surface area contributed by atoms with Gasteiger partial charge in [0.15, 0.2) is 0 Å². The molecule has 0 spiro atoms. The van der Waals surface area contributed by atoms with Crippen LogP contribution >= 0.6 is 11.6 Å². The summed E-state index contributed by atoms with van der Waals surface area (Å²) in [6.07, 6.45) is 7.33. The number of halogens is 1. The second-order valence-electron chi connectivity index (χ2n) is 7.88. The van der Waals surface area contributed by atoms with E-state index in [4.69, 9.17) is 11.6 Å². The zero-order chi connectivity index (χ0) is 20.8. The van der Waals surface area contributed by atoms with Crippen molar-refractivity contribution in [3.05, 3.63) is 33.3 Å². The molecule has 8 nitrogen and oxygen atoms in total. The maximum atomic E-state index is 12.6. The number of likely N-dealkylation sites (tertiary alicyclic amines) is 1. The molecule has 1 saturated carbocycles. The van der Waals surface area contributed by atoms with Gasteiger partial charge < -0.3 is 10.6 Å². The lowest BCUT2D eigenvalue weighted by Crippen LogP contribution is -2.47. The highest BCUT2D eigenvalue weighted by molar-refractivity contribution is 6.31. The average Bonchev–Trinajstić information content (AvgIpc) is 2.70. The molecule has 1 aliphatic carbocycles. The van der Waals surface area contributed by atoms with Gasteiger partial charge in [-0.15, -0.1) is 0 Å². The molecule has 2 fully saturated rings. The Kier molecular flexibility index (Phi) is 7.44. The van der Waals surface area contributed by atoms with Gasteiger partial charge in [0.2, 0.25) is 11.8 Å². The van der Waals surface area contributed by atoms with Crippen LogP contribution in [0.1, 0.15) is 44.9 Å². The monoisotopic (exact) mass is 422 g/mol. The predicted molar refractivity (Wildman–Crippen MR) is 111 cm³/mol. The van der Waals surface area contributed by atoms with E-state index in [1.165, 1.54) is 37.5 Å². The highest BCUT2D eigenvalue weighted by atomic mass is 35.5. The van der Waals surface area contributed by atoms with Gasteiger partial charge in [0.05, 0.1) is 17.4 Å². The molecule has 1 aliphatic heterocycles. The van der Waals surface area contributed by atoms with Crippen LogP contribution in [0.3, 0.4) is 0 Å². The van der Waals surface area contributed by atoms with Gasteiger partial charge in [0.1, 0.15) is 5.69 Å². The number of nitro groups is 1. The lowest BCUT2D eigenvalue weighted by Gasteiger charge is -2.33. The molecule has 2 aliphatic rings. The summed E-state index contributed by atoms with van der Waals surface area (Å²) in [6, 6.07) is 4.41. The van der Waals surface area contributed by atoms with E-state index in [0.717, 1.165) is 32.2 Å². The van der Waals surface area contributed by atoms with Gasteiger partial charge >= 0.3 is 0 Å². The molecule has 2 N–H and O–H groups in total. The normalized spacial score (nSPS) is 20.8. The molecule has 1 heterocycles. The Hall–Kier alpha value is -2.19. The first kappa shape index (κ1) is 21.5. The SMILES string of the molecule is O=C(CN1CCCC(C(=O)NC2CCCCC2)C1)Nc1ccc(Cl)cc1[N+](=O)[O-]. The summed E-state index contributed by atoms with van der Waals surface area (Å²) in [5, 5.41) is 17.2. The third-order valence-electron chi connectivity index (χ3n) is 5.63. The Balaban J connectivity index is 1.53. The zero-order valence-electron chi connectivity index (χ0n) is 16.4. The topological polar surface area (TPSA) is 105 Å². The quantitative estimate of drug-likeness (QED) is 0.540. The van der Waals surface area contributed by atoms with Crippen LogP contribution in [0, 0.1) is 16.0 Å². The Morgan fingerprint density at radius 1 is 1.17 bits per heavy atom. The van der Waals surface area contributed by atoms with Gasteiger partial charge in [-0.2, -0.15) is 0 Å². The molecule has 9 heteroatoms. The maximum absolute atomic E-state index is 12.6. The first-order chi connectivity index (χ1) is 13.9. The van der Waals surface area contributed by atoms with Crippen LogP contribution in [0.2, 0.25) is 5.02 Å². The third-order valence-corrected chi connectivity index (χ3v) is 5.86. The summed E-state index contributed by atoms with van der Waals surface area (Å²) in [4.78, 5) is 37.6. The number of carbonyl (C=O) groups is 2. The van der Waals surface area contributed by atoms with Crippen molar-refractivity contribution in [3.63, 3.8) is 0 Å². The van der Waals surface area contributed by atoms with Crippen LogP contribution in [-0.2, 0) is 9.59 Å². The maximum Gasteiger partial charge on any atom is 0.294 e. The number of anilines is 1. The van der Waals surface area contributed by atoms with E-state index in [1.54, 1.807) is 0 Å². The standard InChI is InChI=1S/C20H27ClN4O4/c21-15-8-9-17(18(11-15)25(28)29)23-19(26)13-24-10-4-5-14(12-24)20(27)22-16-6-2-1-3-7-16/h8-9,11,14,16H,1-7,10,12-13H2,(H,22,27)(H,23,26). The number of rotatable bonds is 6. The third kappa shape index (κ3) is 6.14. The summed E-state index contributed by atoms with van der Waals surface area (Å²) in [5.74, 6) is -0.387. The van der Waals surface area contributed by atoms with Crippen LogP contribution < -0.4 is 10.6 Å². The van der Waals surface area contributed by atoms with E-state index in [0.29, 0.717) is 6.54 Å². The fourth-order valence-corrected chi connectivity index (χ4v) is 4.30. The molecule has 1 saturated heterocycles. The molecule has 1 aromatic rings. The number of piperidine rings is 1. The highest BCUT2D eigenvalue weighted by Crippen LogP contribution is 2.28. The van der Waals surface area contributed by atoms with Crippen molar-refractivity contribution >= 4 is 34.8 Å². The molecule has 2 amide bonds. The molecule has 1 atom stereocenters. The number of nitrogens with zero attached hydrogens (tertiary/aromatic N) is 2. The summed E-state index contributed by atoms with van der Waals surface area (Å²) < 4.78 is 0. The number of nitrogens with one attached hydrogen (secondary N) is 2. The Morgan fingerprint density at radius 2 is 1.93 bits per heavy atom. The number of hydrogen-bond acceptors (Lipinski definition) is 5. The number of amides is 2. The van der Waals surface area contributed by atoms with Crippen molar-refractivity contribution < 1.29 is 14.5 Å². The van der Waals surface area contributed by atoms with Crippen molar-refractivity contribution in [1.29, 1.82) is 0 Å². The summed E-state index contributed by atoms with van der Waals surface area (Å²) >= 11 is 5.81. The summed E-state index contributed by atoms with van der Waals surface area (Å²) in [7, 11) is 0. The first-order valence-corrected chi connectivity index (χ1v) is 10.6. The van der Waals surface area contributed by atoms with Crippen LogP contribution in [0.25, 0.3) is 0 Å².